The van der Waals surface area contributed by atoms with Gasteiger partial charge in [0.15, 0.2) is 11.5 Å². The molecule has 7 nitrogen and oxygen atoms in total. The van der Waals surface area contributed by atoms with Crippen LogP contribution in [0.15, 0.2) is 69.1 Å². The molecule has 4 rings (SSSR count). The van der Waals surface area contributed by atoms with Crippen LogP contribution < -0.4 is 19.7 Å². The van der Waals surface area contributed by atoms with Gasteiger partial charge in [-0.2, -0.15) is 0 Å². The zero-order valence-corrected chi connectivity index (χ0v) is 23.6. The van der Waals surface area contributed by atoms with Crippen LogP contribution in [-0.2, 0) is 16.2 Å². The number of carbonyl (C=O) groups excluding carboxylic acids is 3. The Labute approximate surface area is 231 Å². The molecule has 9 heteroatoms. The molecule has 3 aromatic rings. The summed E-state index contributed by atoms with van der Waals surface area (Å²) in [4.78, 5) is 39.5. The van der Waals surface area contributed by atoms with E-state index in [1.54, 1.807) is 24.3 Å². The summed E-state index contributed by atoms with van der Waals surface area (Å²) in [5.41, 5.74) is 3.64. The van der Waals surface area contributed by atoms with Crippen molar-refractivity contribution >= 4 is 61.5 Å². The van der Waals surface area contributed by atoms with Crippen molar-refractivity contribution in [3.8, 4) is 11.5 Å². The van der Waals surface area contributed by atoms with Crippen LogP contribution in [0, 0.1) is 13.8 Å². The molecule has 0 unspecified atom stereocenters. The van der Waals surface area contributed by atoms with Crippen molar-refractivity contribution in [3.05, 3.63) is 91.4 Å². The minimum Gasteiger partial charge on any atom is -0.490 e. The normalized spacial score (nSPS) is 14.7. The maximum Gasteiger partial charge on any atom is 0.335 e. The van der Waals surface area contributed by atoms with Crippen molar-refractivity contribution in [2.75, 3.05) is 11.5 Å². The number of carbonyl (C=O) groups is 3. The van der Waals surface area contributed by atoms with Crippen LogP contribution in [0.5, 0.6) is 11.5 Å². The van der Waals surface area contributed by atoms with Crippen LogP contribution in [-0.4, -0.2) is 24.5 Å². The predicted molar refractivity (Wildman–Crippen MR) is 149 cm³/mol. The fourth-order valence-electron chi connectivity index (χ4n) is 3.76. The summed E-state index contributed by atoms with van der Waals surface area (Å²) < 4.78 is 13.4. The highest BCUT2D eigenvalue weighted by Crippen LogP contribution is 2.38. The van der Waals surface area contributed by atoms with Crippen LogP contribution >= 0.6 is 31.9 Å². The number of nitrogens with one attached hydrogen (secondary N) is 1. The average molecular weight is 628 g/mol. The lowest BCUT2D eigenvalue weighted by Gasteiger charge is -2.27. The fraction of sp³-hybridized carbons (Fsp3) is 0.179. The number of aryl methyl sites for hydroxylation is 2. The fourth-order valence-corrected chi connectivity index (χ4v) is 4.74. The first kappa shape index (κ1) is 26.6. The highest BCUT2D eigenvalue weighted by atomic mass is 79.9. The number of imide groups is 2. The second kappa shape index (κ2) is 11.3. The number of hydrogen-bond acceptors (Lipinski definition) is 5. The summed E-state index contributed by atoms with van der Waals surface area (Å²) in [6.07, 6.45) is 1.43. The van der Waals surface area contributed by atoms with Gasteiger partial charge in [0.2, 0.25) is 0 Å². The zero-order valence-electron chi connectivity index (χ0n) is 20.4. The van der Waals surface area contributed by atoms with Gasteiger partial charge in [0.05, 0.1) is 16.8 Å². The predicted octanol–water partition coefficient (Wildman–Crippen LogP) is 6.47. The van der Waals surface area contributed by atoms with E-state index >= 15 is 0 Å². The first-order valence-electron chi connectivity index (χ1n) is 11.5. The smallest absolute Gasteiger partial charge is 0.335 e. The van der Waals surface area contributed by atoms with Gasteiger partial charge in [-0.3, -0.25) is 14.9 Å². The SMILES string of the molecule is CCOc1cc(/C=C2\C(=O)NC(=O)N(c3ccc(C)c(C)c3)C2=O)cc(Br)c1OCc1ccccc1Br. The van der Waals surface area contributed by atoms with Gasteiger partial charge < -0.3 is 9.47 Å². The Morgan fingerprint density at radius 1 is 0.919 bits per heavy atom. The van der Waals surface area contributed by atoms with Crippen LogP contribution in [0.25, 0.3) is 6.08 Å². The molecule has 3 aromatic carbocycles. The van der Waals surface area contributed by atoms with Gasteiger partial charge >= 0.3 is 6.03 Å². The number of rotatable bonds is 7. The van der Waals surface area contributed by atoms with Crippen molar-refractivity contribution in [2.45, 2.75) is 27.4 Å². The Kier molecular flexibility index (Phi) is 8.14. The van der Waals surface area contributed by atoms with Crippen LogP contribution in [0.4, 0.5) is 10.5 Å². The largest absolute Gasteiger partial charge is 0.490 e. The third-order valence-electron chi connectivity index (χ3n) is 5.82. The van der Waals surface area contributed by atoms with Crippen LogP contribution in [0.1, 0.15) is 29.2 Å². The van der Waals surface area contributed by atoms with Crippen LogP contribution in [0.3, 0.4) is 0 Å². The first-order chi connectivity index (χ1) is 17.7. The maximum absolute atomic E-state index is 13.3. The molecule has 37 heavy (non-hydrogen) atoms. The first-order valence-corrected chi connectivity index (χ1v) is 13.1. The molecule has 1 N–H and O–H groups in total. The van der Waals surface area contributed by atoms with E-state index in [1.165, 1.54) is 6.08 Å². The van der Waals surface area contributed by atoms with E-state index in [9.17, 15) is 14.4 Å². The van der Waals surface area contributed by atoms with Crippen molar-refractivity contribution in [2.24, 2.45) is 0 Å². The molecule has 0 radical (unpaired) electrons. The van der Waals surface area contributed by atoms with E-state index in [2.05, 4.69) is 37.2 Å². The Bertz CT molecular complexity index is 1430. The highest BCUT2D eigenvalue weighted by Gasteiger charge is 2.37. The monoisotopic (exact) mass is 626 g/mol. The molecule has 1 aliphatic rings. The third kappa shape index (κ3) is 5.78. The summed E-state index contributed by atoms with van der Waals surface area (Å²) in [6.45, 7) is 6.36. The summed E-state index contributed by atoms with van der Waals surface area (Å²) in [5, 5.41) is 2.26. The van der Waals surface area contributed by atoms with Crippen molar-refractivity contribution < 1.29 is 23.9 Å². The van der Waals surface area contributed by atoms with E-state index < -0.39 is 17.8 Å². The highest BCUT2D eigenvalue weighted by molar-refractivity contribution is 9.10. The molecule has 0 aliphatic carbocycles. The van der Waals surface area contributed by atoms with E-state index in [4.69, 9.17) is 9.47 Å². The van der Waals surface area contributed by atoms with Crippen molar-refractivity contribution in [3.63, 3.8) is 0 Å². The lowest BCUT2D eigenvalue weighted by atomic mass is 10.0. The van der Waals surface area contributed by atoms with E-state index in [0.29, 0.717) is 40.4 Å². The molecule has 0 aromatic heterocycles. The Balaban J connectivity index is 1.67. The Hall–Kier alpha value is -3.43. The zero-order chi connectivity index (χ0) is 26.7. The third-order valence-corrected chi connectivity index (χ3v) is 7.19. The summed E-state index contributed by atoms with van der Waals surface area (Å²) >= 11 is 7.05. The molecule has 190 valence electrons. The van der Waals surface area contributed by atoms with Gasteiger partial charge in [0, 0.05) is 10.0 Å². The van der Waals surface area contributed by atoms with Gasteiger partial charge in [-0.05, 0) is 89.8 Å². The average Bonchev–Trinajstić information content (AvgIpc) is 2.84. The molecule has 1 saturated heterocycles. The van der Waals surface area contributed by atoms with Gasteiger partial charge in [-0.25, -0.2) is 9.69 Å². The molecule has 0 spiro atoms. The van der Waals surface area contributed by atoms with Crippen LogP contribution in [0.2, 0.25) is 0 Å². The Morgan fingerprint density at radius 2 is 1.68 bits per heavy atom. The van der Waals surface area contributed by atoms with Gasteiger partial charge in [-0.15, -0.1) is 0 Å². The number of hydrogen-bond donors (Lipinski definition) is 1. The molecule has 1 heterocycles. The number of anilines is 1. The molecule has 1 fully saturated rings. The lowest BCUT2D eigenvalue weighted by molar-refractivity contribution is -0.122. The van der Waals surface area contributed by atoms with Gasteiger partial charge in [0.1, 0.15) is 12.2 Å². The number of amides is 4. The molecule has 1 aliphatic heterocycles. The number of urea groups is 1. The molecule has 0 bridgehead atoms. The second-order valence-corrected chi connectivity index (χ2v) is 10.1. The second-order valence-electron chi connectivity index (χ2n) is 8.37. The number of barbiturate groups is 1. The molecular formula is C28H24Br2N2O5. The summed E-state index contributed by atoms with van der Waals surface area (Å²) in [7, 11) is 0. The van der Waals surface area contributed by atoms with Gasteiger partial charge in [0.25, 0.3) is 11.8 Å². The van der Waals surface area contributed by atoms with E-state index in [1.807, 2.05) is 51.1 Å². The van der Waals surface area contributed by atoms with Crippen molar-refractivity contribution in [1.82, 2.24) is 5.32 Å². The standard InChI is InChI=1S/C28H24Br2N2O5/c1-4-36-24-14-18(13-23(30)25(24)37-15-19-7-5-6-8-22(19)29)12-21-26(33)31-28(35)32(27(21)34)20-10-9-16(2)17(3)11-20/h5-14H,4,15H2,1-3H3,(H,31,33,35)/b21-12+. The number of benzene rings is 3. The Morgan fingerprint density at radius 3 is 2.38 bits per heavy atom. The summed E-state index contributed by atoms with van der Waals surface area (Å²) in [5.74, 6) is -0.536. The van der Waals surface area contributed by atoms with E-state index in [-0.39, 0.29) is 5.57 Å². The van der Waals surface area contributed by atoms with E-state index in [0.717, 1.165) is 26.1 Å². The topological polar surface area (TPSA) is 84.9 Å². The molecule has 0 atom stereocenters. The molecular weight excluding hydrogens is 604 g/mol. The number of halogens is 2. The minimum absolute atomic E-state index is 0.172. The molecule has 0 saturated carbocycles. The van der Waals surface area contributed by atoms with Gasteiger partial charge in [-0.1, -0.05) is 40.2 Å². The quantitative estimate of drug-likeness (QED) is 0.240. The lowest BCUT2D eigenvalue weighted by Crippen LogP contribution is -2.54. The summed E-state index contributed by atoms with van der Waals surface area (Å²) in [6, 6.07) is 15.6. The minimum atomic E-state index is -0.789. The number of ether oxygens (including phenoxy) is 2. The maximum atomic E-state index is 13.3. The molecule has 4 amide bonds. The van der Waals surface area contributed by atoms with Crippen molar-refractivity contribution in [1.29, 1.82) is 0 Å². The number of nitrogens with zero attached hydrogens (tertiary/aromatic N) is 1.